The highest BCUT2D eigenvalue weighted by Crippen LogP contribution is 2.38. The molecule has 150 valence electrons. The number of aliphatic hydroxyl groups excluding tert-OH is 2. The van der Waals surface area contributed by atoms with Crippen molar-refractivity contribution in [1.82, 2.24) is 0 Å². The fourth-order valence-corrected chi connectivity index (χ4v) is 2.78. The molecule has 1 aliphatic carbocycles. The van der Waals surface area contributed by atoms with Crippen molar-refractivity contribution in [3.05, 3.63) is 46.0 Å². The third kappa shape index (κ3) is 5.42. The third-order valence-corrected chi connectivity index (χ3v) is 4.55. The monoisotopic (exact) mass is 376 g/mol. The molecular weight excluding hydrogens is 344 g/mol. The van der Waals surface area contributed by atoms with E-state index in [9.17, 15) is 24.9 Å². The van der Waals surface area contributed by atoms with Gasteiger partial charge in [-0.3, -0.25) is 9.59 Å². The lowest BCUT2D eigenvalue weighted by Gasteiger charge is -2.32. The number of carbonyl (C=O) groups excluding carboxylic acids is 2. The Labute approximate surface area is 161 Å². The van der Waals surface area contributed by atoms with Crippen LogP contribution in [-0.4, -0.2) is 32.5 Å². The summed E-state index contributed by atoms with van der Waals surface area (Å²) in [5.74, 6) is -2.30. The number of hydrogen-bond acceptors (Lipinski definition) is 5. The van der Waals surface area contributed by atoms with Crippen LogP contribution in [0.2, 0.25) is 0 Å². The van der Waals surface area contributed by atoms with Gasteiger partial charge in [-0.2, -0.15) is 0 Å². The Hall–Kier alpha value is -2.14. The summed E-state index contributed by atoms with van der Waals surface area (Å²) in [7, 11) is 0. The van der Waals surface area contributed by atoms with Crippen molar-refractivity contribution in [1.29, 1.82) is 0 Å². The molecule has 1 atom stereocenters. The first-order valence-electron chi connectivity index (χ1n) is 9.35. The minimum atomic E-state index is -2.24. The van der Waals surface area contributed by atoms with E-state index in [4.69, 9.17) is 0 Å². The van der Waals surface area contributed by atoms with Gasteiger partial charge in [-0.25, -0.2) is 0 Å². The van der Waals surface area contributed by atoms with Gasteiger partial charge in [0, 0.05) is 18.4 Å². The van der Waals surface area contributed by atoms with Crippen LogP contribution < -0.4 is 0 Å². The quantitative estimate of drug-likeness (QED) is 0.424. The topological polar surface area (TPSA) is 94.8 Å². The molecule has 5 nitrogen and oxygen atoms in total. The largest absolute Gasteiger partial charge is 0.508 e. The summed E-state index contributed by atoms with van der Waals surface area (Å²) in [6.07, 6.45) is 4.00. The SMILES string of the molecule is CC(C)=CCC1=C(O)C(O)(CC=C(C)C)C(=O)C(C(=O)CCC(C)C)=C1O. The summed E-state index contributed by atoms with van der Waals surface area (Å²) in [5.41, 5.74) is -0.817. The van der Waals surface area contributed by atoms with E-state index in [1.165, 1.54) is 0 Å². The number of ketones is 2. The molecule has 0 aromatic carbocycles. The average molecular weight is 376 g/mol. The maximum absolute atomic E-state index is 12.9. The molecule has 0 heterocycles. The molecule has 0 radical (unpaired) electrons. The van der Waals surface area contributed by atoms with Gasteiger partial charge in [-0.05, 0) is 46.5 Å². The van der Waals surface area contributed by atoms with E-state index in [-0.39, 0.29) is 30.8 Å². The van der Waals surface area contributed by atoms with Gasteiger partial charge in [0.1, 0.15) is 17.1 Å². The molecule has 1 rings (SSSR count). The smallest absolute Gasteiger partial charge is 0.209 e. The van der Waals surface area contributed by atoms with E-state index < -0.39 is 34.3 Å². The standard InChI is InChI=1S/C22H32O5/c1-13(2)7-9-16-19(24)18(17(23)10-8-14(3)4)21(26)22(27,20(16)25)12-11-15(5)6/h7,11,14,24-25,27H,8-10,12H2,1-6H3. The second-order valence-electron chi connectivity index (χ2n) is 8.07. The first-order valence-corrected chi connectivity index (χ1v) is 9.35. The molecule has 0 aromatic heterocycles. The second-order valence-corrected chi connectivity index (χ2v) is 8.07. The van der Waals surface area contributed by atoms with E-state index >= 15 is 0 Å². The molecule has 0 spiro atoms. The molecule has 0 aromatic rings. The number of aliphatic hydroxyl groups is 3. The summed E-state index contributed by atoms with van der Waals surface area (Å²) in [5, 5.41) is 32.2. The fraction of sp³-hybridized carbons (Fsp3) is 0.545. The second kappa shape index (κ2) is 9.18. The van der Waals surface area contributed by atoms with Gasteiger partial charge in [-0.1, -0.05) is 37.1 Å². The van der Waals surface area contributed by atoms with Crippen LogP contribution in [-0.2, 0) is 9.59 Å². The Bertz CT molecular complexity index is 726. The van der Waals surface area contributed by atoms with Crippen LogP contribution in [0.1, 0.15) is 67.2 Å². The van der Waals surface area contributed by atoms with Crippen LogP contribution in [0, 0.1) is 5.92 Å². The molecule has 0 saturated heterocycles. The van der Waals surface area contributed by atoms with Crippen LogP contribution in [0.15, 0.2) is 46.0 Å². The number of rotatable bonds is 8. The Balaban J connectivity index is 3.50. The zero-order chi connectivity index (χ0) is 20.9. The van der Waals surface area contributed by atoms with Crippen molar-refractivity contribution >= 4 is 11.6 Å². The Morgan fingerprint density at radius 3 is 2.11 bits per heavy atom. The van der Waals surface area contributed by atoms with E-state index in [0.29, 0.717) is 6.42 Å². The average Bonchev–Trinajstić information content (AvgIpc) is 2.56. The van der Waals surface area contributed by atoms with E-state index in [1.807, 2.05) is 41.5 Å². The van der Waals surface area contributed by atoms with Crippen molar-refractivity contribution in [2.45, 2.75) is 72.8 Å². The van der Waals surface area contributed by atoms with Gasteiger partial charge < -0.3 is 15.3 Å². The van der Waals surface area contributed by atoms with Gasteiger partial charge in [0.15, 0.2) is 11.4 Å². The van der Waals surface area contributed by atoms with Gasteiger partial charge in [0.05, 0.1) is 0 Å². The van der Waals surface area contributed by atoms with Gasteiger partial charge >= 0.3 is 0 Å². The van der Waals surface area contributed by atoms with Crippen molar-refractivity contribution in [2.24, 2.45) is 5.92 Å². The fourth-order valence-electron chi connectivity index (χ4n) is 2.78. The molecule has 27 heavy (non-hydrogen) atoms. The van der Waals surface area contributed by atoms with Crippen molar-refractivity contribution in [3.63, 3.8) is 0 Å². The maximum atomic E-state index is 12.9. The van der Waals surface area contributed by atoms with Crippen LogP contribution in [0.5, 0.6) is 0 Å². The number of Topliss-reactive ketones (excluding diaryl/α,β-unsaturated/α-hetero) is 2. The third-order valence-electron chi connectivity index (χ3n) is 4.55. The molecule has 0 aliphatic heterocycles. The lowest BCUT2D eigenvalue weighted by Crippen LogP contribution is -2.46. The molecular formula is C22H32O5. The zero-order valence-electron chi connectivity index (χ0n) is 17.2. The van der Waals surface area contributed by atoms with Crippen LogP contribution in [0.4, 0.5) is 0 Å². The normalized spacial score (nSPS) is 20.2. The molecule has 3 N–H and O–H groups in total. The summed E-state index contributed by atoms with van der Waals surface area (Å²) in [6.45, 7) is 11.3. The number of hydrogen-bond donors (Lipinski definition) is 3. The first kappa shape index (κ1) is 22.9. The lowest BCUT2D eigenvalue weighted by molar-refractivity contribution is -0.135. The molecule has 1 aliphatic rings. The Morgan fingerprint density at radius 1 is 1.07 bits per heavy atom. The van der Waals surface area contributed by atoms with E-state index in [1.54, 1.807) is 12.2 Å². The van der Waals surface area contributed by atoms with E-state index in [0.717, 1.165) is 11.1 Å². The van der Waals surface area contributed by atoms with E-state index in [2.05, 4.69) is 0 Å². The van der Waals surface area contributed by atoms with Crippen LogP contribution in [0.3, 0.4) is 0 Å². The lowest BCUT2D eigenvalue weighted by atomic mass is 9.77. The Kier molecular flexibility index (Phi) is 7.78. The molecule has 5 heteroatoms. The van der Waals surface area contributed by atoms with Crippen molar-refractivity contribution in [3.8, 4) is 0 Å². The summed E-state index contributed by atoms with van der Waals surface area (Å²) < 4.78 is 0. The maximum Gasteiger partial charge on any atom is 0.209 e. The molecule has 0 saturated carbocycles. The van der Waals surface area contributed by atoms with Gasteiger partial charge in [0.25, 0.3) is 0 Å². The molecule has 1 unspecified atom stereocenters. The molecule has 0 amide bonds. The van der Waals surface area contributed by atoms with Gasteiger partial charge in [-0.15, -0.1) is 0 Å². The van der Waals surface area contributed by atoms with Crippen molar-refractivity contribution in [2.75, 3.05) is 0 Å². The predicted molar refractivity (Wildman–Crippen MR) is 106 cm³/mol. The number of allylic oxidation sites excluding steroid dienone is 4. The Morgan fingerprint density at radius 2 is 1.63 bits per heavy atom. The van der Waals surface area contributed by atoms with Crippen molar-refractivity contribution < 1.29 is 24.9 Å². The van der Waals surface area contributed by atoms with Crippen LogP contribution in [0.25, 0.3) is 0 Å². The molecule has 0 bridgehead atoms. The minimum absolute atomic E-state index is 0.0216. The number of carbonyl (C=O) groups is 2. The highest BCUT2D eigenvalue weighted by atomic mass is 16.3. The summed E-state index contributed by atoms with van der Waals surface area (Å²) in [4.78, 5) is 25.6. The first-order chi connectivity index (χ1) is 12.4. The van der Waals surface area contributed by atoms with Crippen LogP contribution >= 0.6 is 0 Å². The zero-order valence-corrected chi connectivity index (χ0v) is 17.2. The minimum Gasteiger partial charge on any atom is -0.508 e. The highest BCUT2D eigenvalue weighted by Gasteiger charge is 2.49. The predicted octanol–water partition coefficient (Wildman–Crippen LogP) is 4.64. The summed E-state index contributed by atoms with van der Waals surface area (Å²) in [6, 6.07) is 0. The van der Waals surface area contributed by atoms with Gasteiger partial charge in [0.2, 0.25) is 5.78 Å². The summed E-state index contributed by atoms with van der Waals surface area (Å²) >= 11 is 0. The highest BCUT2D eigenvalue weighted by molar-refractivity contribution is 6.25. The molecule has 0 fully saturated rings.